The lowest BCUT2D eigenvalue weighted by Crippen LogP contribution is -2.43. The van der Waals surface area contributed by atoms with Gasteiger partial charge in [0.2, 0.25) is 10.0 Å². The summed E-state index contributed by atoms with van der Waals surface area (Å²) >= 11 is 5.97. The molecule has 1 saturated heterocycles. The van der Waals surface area contributed by atoms with Gasteiger partial charge in [0.1, 0.15) is 4.90 Å². The molecule has 1 aliphatic heterocycles. The molecular weight excluding hydrogens is 310 g/mol. The molecule has 2 rings (SSSR count). The van der Waals surface area contributed by atoms with Crippen LogP contribution in [0.25, 0.3) is 0 Å². The van der Waals surface area contributed by atoms with Crippen LogP contribution in [0.3, 0.4) is 0 Å². The van der Waals surface area contributed by atoms with Crippen molar-refractivity contribution >= 4 is 27.3 Å². The summed E-state index contributed by atoms with van der Waals surface area (Å²) < 4.78 is 27.5. The van der Waals surface area contributed by atoms with E-state index in [4.69, 9.17) is 17.3 Å². The van der Waals surface area contributed by atoms with Crippen molar-refractivity contribution in [3.05, 3.63) is 23.2 Å². The highest BCUT2D eigenvalue weighted by atomic mass is 35.5. The molecule has 1 atom stereocenters. The normalized spacial score (nSPS) is 18.6. The van der Waals surface area contributed by atoms with Crippen molar-refractivity contribution in [2.75, 3.05) is 25.4 Å². The fourth-order valence-corrected chi connectivity index (χ4v) is 4.39. The van der Waals surface area contributed by atoms with Gasteiger partial charge in [0.25, 0.3) is 0 Å². The van der Waals surface area contributed by atoms with Gasteiger partial charge in [0.15, 0.2) is 0 Å². The van der Waals surface area contributed by atoms with Crippen molar-refractivity contribution in [2.24, 2.45) is 0 Å². The van der Waals surface area contributed by atoms with Gasteiger partial charge in [-0.05, 0) is 51.1 Å². The van der Waals surface area contributed by atoms with Gasteiger partial charge in [-0.15, -0.1) is 0 Å². The highest BCUT2D eigenvalue weighted by molar-refractivity contribution is 7.89. The second-order valence-electron chi connectivity index (χ2n) is 5.57. The molecule has 1 fully saturated rings. The number of benzene rings is 1. The summed E-state index contributed by atoms with van der Waals surface area (Å²) in [6, 6.07) is 4.29. The molecule has 3 N–H and O–H groups in total. The first-order valence-electron chi connectivity index (χ1n) is 7.18. The van der Waals surface area contributed by atoms with Gasteiger partial charge in [-0.3, -0.25) is 0 Å². The summed E-state index contributed by atoms with van der Waals surface area (Å²) in [6.07, 6.45) is 3.62. The van der Waals surface area contributed by atoms with E-state index < -0.39 is 10.0 Å². The Hall–Kier alpha value is -0.820. The number of anilines is 1. The number of nitrogens with one attached hydrogen (secondary N) is 1. The van der Waals surface area contributed by atoms with Gasteiger partial charge >= 0.3 is 0 Å². The van der Waals surface area contributed by atoms with Gasteiger partial charge in [0, 0.05) is 18.3 Å². The molecule has 1 aliphatic rings. The van der Waals surface area contributed by atoms with Crippen LogP contribution in [-0.2, 0) is 10.0 Å². The Morgan fingerprint density at radius 3 is 2.67 bits per heavy atom. The van der Waals surface area contributed by atoms with E-state index in [9.17, 15) is 8.42 Å². The summed E-state index contributed by atoms with van der Waals surface area (Å²) in [4.78, 5) is 2.33. The standard InChI is InChI=1S/C14H22ClN3O2S/c1-11(10-18-7-3-2-4-8-18)17-21(19,20)14-9-12(16)5-6-13(14)15/h5-6,9,11,17H,2-4,7-8,10,16H2,1H3. The Kier molecular flexibility index (Phi) is 5.48. The van der Waals surface area contributed by atoms with E-state index in [1.54, 1.807) is 6.07 Å². The van der Waals surface area contributed by atoms with E-state index >= 15 is 0 Å². The van der Waals surface area contributed by atoms with Gasteiger partial charge in [-0.25, -0.2) is 13.1 Å². The largest absolute Gasteiger partial charge is 0.399 e. The van der Waals surface area contributed by atoms with Crippen molar-refractivity contribution < 1.29 is 8.42 Å². The zero-order valence-electron chi connectivity index (χ0n) is 12.2. The van der Waals surface area contributed by atoms with E-state index in [2.05, 4.69) is 9.62 Å². The number of nitrogens with zero attached hydrogens (tertiary/aromatic N) is 1. The minimum Gasteiger partial charge on any atom is -0.399 e. The first-order chi connectivity index (χ1) is 9.88. The molecule has 1 aromatic carbocycles. The quantitative estimate of drug-likeness (QED) is 0.810. The van der Waals surface area contributed by atoms with Gasteiger partial charge < -0.3 is 10.6 Å². The monoisotopic (exact) mass is 331 g/mol. The summed E-state index contributed by atoms with van der Waals surface area (Å²) in [5.74, 6) is 0. The second kappa shape index (κ2) is 6.96. The third-order valence-corrected chi connectivity index (χ3v) is 5.65. The minimum absolute atomic E-state index is 0.0367. The van der Waals surface area contributed by atoms with Crippen LogP contribution in [0.1, 0.15) is 26.2 Å². The van der Waals surface area contributed by atoms with Gasteiger partial charge in [-0.1, -0.05) is 18.0 Å². The van der Waals surface area contributed by atoms with Crippen LogP contribution in [0, 0.1) is 0 Å². The molecule has 0 aliphatic carbocycles. The molecule has 0 saturated carbocycles. The number of rotatable bonds is 5. The fraction of sp³-hybridized carbons (Fsp3) is 0.571. The van der Waals surface area contributed by atoms with Crippen LogP contribution >= 0.6 is 11.6 Å². The lowest BCUT2D eigenvalue weighted by Gasteiger charge is -2.29. The van der Waals surface area contributed by atoms with Crippen LogP contribution in [0.2, 0.25) is 5.02 Å². The van der Waals surface area contributed by atoms with Crippen LogP contribution in [0.15, 0.2) is 23.1 Å². The molecular formula is C14H22ClN3O2S. The maximum Gasteiger partial charge on any atom is 0.242 e. The molecule has 0 aromatic heterocycles. The molecule has 118 valence electrons. The summed E-state index contributed by atoms with van der Waals surface area (Å²) in [6.45, 7) is 4.64. The average molecular weight is 332 g/mol. The number of likely N-dealkylation sites (tertiary alicyclic amines) is 1. The van der Waals surface area contributed by atoms with Crippen molar-refractivity contribution in [3.63, 3.8) is 0 Å². The van der Waals surface area contributed by atoms with Gasteiger partial charge in [0.05, 0.1) is 5.02 Å². The minimum atomic E-state index is -3.65. The Balaban J connectivity index is 2.04. The first kappa shape index (κ1) is 16.5. The number of piperidine rings is 1. The zero-order chi connectivity index (χ0) is 15.5. The molecule has 1 aromatic rings. The van der Waals surface area contributed by atoms with E-state index in [0.717, 1.165) is 13.1 Å². The van der Waals surface area contributed by atoms with E-state index in [1.807, 2.05) is 6.92 Å². The Morgan fingerprint density at radius 1 is 1.33 bits per heavy atom. The molecule has 0 radical (unpaired) electrons. The fourth-order valence-electron chi connectivity index (χ4n) is 2.62. The average Bonchev–Trinajstić information content (AvgIpc) is 2.41. The van der Waals surface area contributed by atoms with Crippen LogP contribution < -0.4 is 10.5 Å². The summed E-state index contributed by atoms with van der Waals surface area (Å²) in [5.41, 5.74) is 6.02. The molecule has 1 heterocycles. The van der Waals surface area contributed by atoms with Crippen molar-refractivity contribution in [1.82, 2.24) is 9.62 Å². The number of hydrogen-bond donors (Lipinski definition) is 2. The lowest BCUT2D eigenvalue weighted by molar-refractivity contribution is 0.215. The number of nitrogen functional groups attached to an aromatic ring is 1. The molecule has 5 nitrogen and oxygen atoms in total. The summed E-state index contributed by atoms with van der Waals surface area (Å²) in [5, 5.41) is 0.182. The highest BCUT2D eigenvalue weighted by Crippen LogP contribution is 2.23. The predicted octanol–water partition coefficient (Wildman–Crippen LogP) is 2.07. The Labute approximate surface area is 131 Å². The van der Waals surface area contributed by atoms with Crippen molar-refractivity contribution in [1.29, 1.82) is 0 Å². The third kappa shape index (κ3) is 4.57. The Bertz CT molecular complexity index is 586. The second-order valence-corrected chi connectivity index (χ2v) is 7.66. The van der Waals surface area contributed by atoms with E-state index in [-0.39, 0.29) is 16.0 Å². The van der Waals surface area contributed by atoms with Crippen LogP contribution in [0.5, 0.6) is 0 Å². The molecule has 21 heavy (non-hydrogen) atoms. The zero-order valence-corrected chi connectivity index (χ0v) is 13.8. The lowest BCUT2D eigenvalue weighted by atomic mass is 10.1. The third-order valence-electron chi connectivity index (χ3n) is 3.58. The predicted molar refractivity (Wildman–Crippen MR) is 85.9 cm³/mol. The highest BCUT2D eigenvalue weighted by Gasteiger charge is 2.22. The van der Waals surface area contributed by atoms with E-state index in [0.29, 0.717) is 12.2 Å². The molecule has 1 unspecified atom stereocenters. The van der Waals surface area contributed by atoms with Crippen molar-refractivity contribution in [2.45, 2.75) is 37.1 Å². The maximum absolute atomic E-state index is 12.4. The molecule has 0 amide bonds. The number of halogens is 1. The van der Waals surface area contributed by atoms with Gasteiger partial charge in [-0.2, -0.15) is 0 Å². The smallest absolute Gasteiger partial charge is 0.242 e. The number of hydrogen-bond acceptors (Lipinski definition) is 4. The number of nitrogens with two attached hydrogens (primary N) is 1. The van der Waals surface area contributed by atoms with Crippen LogP contribution in [0.4, 0.5) is 5.69 Å². The Morgan fingerprint density at radius 2 is 2.00 bits per heavy atom. The van der Waals surface area contributed by atoms with Crippen molar-refractivity contribution in [3.8, 4) is 0 Å². The van der Waals surface area contributed by atoms with E-state index in [1.165, 1.54) is 31.4 Å². The molecule has 0 spiro atoms. The number of sulfonamides is 1. The molecule has 7 heteroatoms. The topological polar surface area (TPSA) is 75.4 Å². The van der Waals surface area contributed by atoms with Crippen LogP contribution in [-0.4, -0.2) is 39.0 Å². The maximum atomic E-state index is 12.4. The first-order valence-corrected chi connectivity index (χ1v) is 9.04. The molecule has 0 bridgehead atoms. The summed E-state index contributed by atoms with van der Waals surface area (Å²) in [7, 11) is -3.65. The SMILES string of the molecule is CC(CN1CCCCC1)NS(=O)(=O)c1cc(N)ccc1Cl.